The molecule has 1 aromatic rings. The van der Waals surface area contributed by atoms with E-state index in [1.807, 2.05) is 19.4 Å². The Labute approximate surface area is 97.7 Å². The summed E-state index contributed by atoms with van der Waals surface area (Å²) in [7, 11) is 1.92. The van der Waals surface area contributed by atoms with Crippen molar-refractivity contribution in [1.82, 2.24) is 4.98 Å². The predicted molar refractivity (Wildman–Crippen MR) is 68.8 cm³/mol. The normalized spacial score (nSPS) is 16.9. The molecule has 0 radical (unpaired) electrons. The molecule has 0 amide bonds. The molecule has 1 heterocycles. The van der Waals surface area contributed by atoms with Crippen LogP contribution in [-0.2, 0) is 0 Å². The van der Waals surface area contributed by atoms with Crippen LogP contribution in [0.25, 0.3) is 0 Å². The molecule has 1 saturated carbocycles. The summed E-state index contributed by atoms with van der Waals surface area (Å²) >= 11 is 0. The number of anilines is 2. The minimum absolute atomic E-state index is 0.588. The largest absolute Gasteiger partial charge is 0.387 e. The van der Waals surface area contributed by atoms with Crippen LogP contribution in [-0.4, -0.2) is 18.6 Å². The van der Waals surface area contributed by atoms with Gasteiger partial charge in [-0.25, -0.2) is 0 Å². The number of hydrogen-bond donors (Lipinski definition) is 2. The molecule has 16 heavy (non-hydrogen) atoms. The summed E-state index contributed by atoms with van der Waals surface area (Å²) in [4.78, 5) is 4.20. The van der Waals surface area contributed by atoms with Gasteiger partial charge in [0, 0.05) is 13.6 Å². The first-order valence-electron chi connectivity index (χ1n) is 6.15. The molecule has 2 rings (SSSR count). The zero-order chi connectivity index (χ0) is 11.4. The Balaban J connectivity index is 1.89. The highest BCUT2D eigenvalue weighted by atomic mass is 14.9. The average Bonchev–Trinajstić information content (AvgIpc) is 3.08. The third-order valence-corrected chi connectivity index (χ3v) is 3.43. The SMILES string of the molecule is CCCC1(CNc2cncc(NC)c2)CC1. The molecule has 1 aromatic heterocycles. The minimum Gasteiger partial charge on any atom is -0.387 e. The van der Waals surface area contributed by atoms with Crippen molar-refractivity contribution in [2.45, 2.75) is 32.6 Å². The summed E-state index contributed by atoms with van der Waals surface area (Å²) in [6.07, 6.45) is 9.13. The van der Waals surface area contributed by atoms with Gasteiger partial charge in [0.25, 0.3) is 0 Å². The lowest BCUT2D eigenvalue weighted by Crippen LogP contribution is -2.15. The Morgan fingerprint density at radius 1 is 1.31 bits per heavy atom. The molecule has 1 fully saturated rings. The van der Waals surface area contributed by atoms with Crippen molar-refractivity contribution in [3.63, 3.8) is 0 Å². The zero-order valence-corrected chi connectivity index (χ0v) is 10.2. The van der Waals surface area contributed by atoms with Crippen molar-refractivity contribution >= 4 is 11.4 Å². The van der Waals surface area contributed by atoms with E-state index in [0.29, 0.717) is 5.41 Å². The Kier molecular flexibility index (Phi) is 3.32. The average molecular weight is 219 g/mol. The molecule has 88 valence electrons. The van der Waals surface area contributed by atoms with Gasteiger partial charge < -0.3 is 10.6 Å². The second-order valence-electron chi connectivity index (χ2n) is 4.82. The molecule has 1 aliphatic rings. The highest BCUT2D eigenvalue weighted by Crippen LogP contribution is 2.49. The van der Waals surface area contributed by atoms with E-state index in [4.69, 9.17) is 0 Å². The second-order valence-corrected chi connectivity index (χ2v) is 4.82. The molecule has 0 aliphatic heterocycles. The van der Waals surface area contributed by atoms with Crippen LogP contribution in [0.4, 0.5) is 11.4 Å². The van der Waals surface area contributed by atoms with E-state index in [2.05, 4.69) is 28.6 Å². The maximum absolute atomic E-state index is 4.20. The molecule has 2 N–H and O–H groups in total. The molecule has 3 heteroatoms. The van der Waals surface area contributed by atoms with E-state index in [9.17, 15) is 0 Å². The van der Waals surface area contributed by atoms with Crippen molar-refractivity contribution < 1.29 is 0 Å². The standard InChI is InChI=1S/C13H21N3/c1-3-4-13(5-6-13)10-16-12-7-11(14-2)8-15-9-12/h7-9,14,16H,3-6,10H2,1-2H3. The summed E-state index contributed by atoms with van der Waals surface area (Å²) in [6.45, 7) is 3.36. The van der Waals surface area contributed by atoms with E-state index in [1.165, 1.54) is 25.7 Å². The van der Waals surface area contributed by atoms with Crippen LogP contribution >= 0.6 is 0 Å². The third kappa shape index (κ3) is 2.65. The molecule has 0 spiro atoms. The van der Waals surface area contributed by atoms with E-state index in [0.717, 1.165) is 17.9 Å². The number of nitrogens with zero attached hydrogens (tertiary/aromatic N) is 1. The monoisotopic (exact) mass is 219 g/mol. The topological polar surface area (TPSA) is 37.0 Å². The van der Waals surface area contributed by atoms with Crippen molar-refractivity contribution in [2.24, 2.45) is 5.41 Å². The zero-order valence-electron chi connectivity index (χ0n) is 10.2. The maximum Gasteiger partial charge on any atom is 0.0547 e. The van der Waals surface area contributed by atoms with Gasteiger partial charge in [0.05, 0.1) is 23.8 Å². The van der Waals surface area contributed by atoms with Crippen LogP contribution in [0.5, 0.6) is 0 Å². The summed E-state index contributed by atoms with van der Waals surface area (Å²) in [5, 5.41) is 6.61. The van der Waals surface area contributed by atoms with Gasteiger partial charge in [0.15, 0.2) is 0 Å². The van der Waals surface area contributed by atoms with Gasteiger partial charge in [-0.15, -0.1) is 0 Å². The van der Waals surface area contributed by atoms with Gasteiger partial charge in [-0.3, -0.25) is 4.98 Å². The summed E-state index contributed by atoms with van der Waals surface area (Å²) < 4.78 is 0. The maximum atomic E-state index is 4.20. The van der Waals surface area contributed by atoms with Crippen molar-refractivity contribution in [3.8, 4) is 0 Å². The van der Waals surface area contributed by atoms with Gasteiger partial charge in [-0.1, -0.05) is 13.3 Å². The third-order valence-electron chi connectivity index (χ3n) is 3.43. The highest BCUT2D eigenvalue weighted by molar-refractivity contribution is 5.53. The van der Waals surface area contributed by atoms with Crippen molar-refractivity contribution in [1.29, 1.82) is 0 Å². The summed E-state index contributed by atoms with van der Waals surface area (Å²) in [6, 6.07) is 2.11. The van der Waals surface area contributed by atoms with E-state index in [-0.39, 0.29) is 0 Å². The van der Waals surface area contributed by atoms with Crippen molar-refractivity contribution in [2.75, 3.05) is 24.2 Å². The molecule has 0 atom stereocenters. The molecule has 1 aliphatic carbocycles. The first kappa shape index (κ1) is 11.2. The molecule has 0 bridgehead atoms. The Hall–Kier alpha value is -1.25. The molecular formula is C13H21N3. The molecule has 0 aromatic carbocycles. The Morgan fingerprint density at radius 3 is 2.69 bits per heavy atom. The number of pyridine rings is 1. The predicted octanol–water partition coefficient (Wildman–Crippen LogP) is 3.12. The fourth-order valence-electron chi connectivity index (χ4n) is 2.19. The summed E-state index contributed by atoms with van der Waals surface area (Å²) in [5.41, 5.74) is 2.77. The van der Waals surface area contributed by atoms with E-state index in [1.54, 1.807) is 0 Å². The number of hydrogen-bond acceptors (Lipinski definition) is 3. The van der Waals surface area contributed by atoms with Gasteiger partial charge in [0.2, 0.25) is 0 Å². The lowest BCUT2D eigenvalue weighted by molar-refractivity contribution is 0.485. The first-order valence-corrected chi connectivity index (χ1v) is 6.15. The van der Waals surface area contributed by atoms with Gasteiger partial charge in [0.1, 0.15) is 0 Å². The smallest absolute Gasteiger partial charge is 0.0547 e. The van der Waals surface area contributed by atoms with Crippen LogP contribution in [0.1, 0.15) is 32.6 Å². The quantitative estimate of drug-likeness (QED) is 0.772. The lowest BCUT2D eigenvalue weighted by Gasteiger charge is -2.16. The minimum atomic E-state index is 0.588. The summed E-state index contributed by atoms with van der Waals surface area (Å²) in [5.74, 6) is 0. The van der Waals surface area contributed by atoms with Gasteiger partial charge >= 0.3 is 0 Å². The Morgan fingerprint density at radius 2 is 2.06 bits per heavy atom. The van der Waals surface area contributed by atoms with Crippen LogP contribution in [0.2, 0.25) is 0 Å². The van der Waals surface area contributed by atoms with Gasteiger partial charge in [-0.2, -0.15) is 0 Å². The number of rotatable bonds is 6. The molecule has 0 saturated heterocycles. The fraction of sp³-hybridized carbons (Fsp3) is 0.615. The van der Waals surface area contributed by atoms with Crippen LogP contribution in [0.15, 0.2) is 18.5 Å². The molecular weight excluding hydrogens is 198 g/mol. The molecule has 0 unspecified atom stereocenters. The van der Waals surface area contributed by atoms with E-state index < -0.39 is 0 Å². The Bertz CT molecular complexity index is 345. The second kappa shape index (κ2) is 4.73. The van der Waals surface area contributed by atoms with E-state index >= 15 is 0 Å². The van der Waals surface area contributed by atoms with Crippen LogP contribution in [0, 0.1) is 5.41 Å². The first-order chi connectivity index (χ1) is 7.78. The fourth-order valence-corrected chi connectivity index (χ4v) is 2.19. The van der Waals surface area contributed by atoms with Crippen molar-refractivity contribution in [3.05, 3.63) is 18.5 Å². The van der Waals surface area contributed by atoms with Crippen LogP contribution in [0.3, 0.4) is 0 Å². The van der Waals surface area contributed by atoms with Gasteiger partial charge in [-0.05, 0) is 30.7 Å². The molecule has 3 nitrogen and oxygen atoms in total. The lowest BCUT2D eigenvalue weighted by atomic mass is 10.0. The number of aromatic nitrogens is 1. The number of nitrogens with one attached hydrogen (secondary N) is 2. The highest BCUT2D eigenvalue weighted by Gasteiger charge is 2.40. The van der Waals surface area contributed by atoms with Crippen LogP contribution < -0.4 is 10.6 Å².